The van der Waals surface area contributed by atoms with Crippen molar-refractivity contribution in [2.45, 2.75) is 29.1 Å². The topological polar surface area (TPSA) is 24.1 Å². The summed E-state index contributed by atoms with van der Waals surface area (Å²) in [5, 5.41) is 0.358. The number of alkyl halides is 2. The molecule has 4 unspecified atom stereocenters. The smallest absolute Gasteiger partial charge is 0.0393 e. The first-order valence-electron chi connectivity index (χ1n) is 4.05. The number of hydrazine groups is 1. The molecule has 4 heteroatoms. The van der Waals surface area contributed by atoms with E-state index in [2.05, 4.69) is 26.8 Å². The molecule has 2 rings (SSSR count). The summed E-state index contributed by atoms with van der Waals surface area (Å²) in [6, 6.07) is 0.534. The van der Waals surface area contributed by atoms with Gasteiger partial charge in [-0.25, -0.2) is 0 Å². The highest BCUT2D eigenvalue weighted by atomic mass is 79.9. The third kappa shape index (κ3) is 1.44. The van der Waals surface area contributed by atoms with E-state index in [9.17, 15) is 0 Å². The fourth-order valence-corrected chi connectivity index (χ4v) is 3.11. The average molecular weight is 240 g/mol. The minimum atomic E-state index is 0.358. The molecule has 0 aromatic rings. The second kappa shape index (κ2) is 3.21. The monoisotopic (exact) mass is 238 g/mol. The highest BCUT2D eigenvalue weighted by Crippen LogP contribution is 2.34. The first kappa shape index (κ1) is 8.30. The third-order valence-corrected chi connectivity index (χ3v) is 4.21. The van der Waals surface area contributed by atoms with Crippen LogP contribution in [-0.2, 0) is 0 Å². The zero-order chi connectivity index (χ0) is 7.84. The molecular formula is C7H12BrClN2. The Morgan fingerprint density at radius 3 is 2.91 bits per heavy atom. The Kier molecular flexibility index (Phi) is 2.42. The lowest BCUT2D eigenvalue weighted by Gasteiger charge is -2.32. The van der Waals surface area contributed by atoms with Crippen LogP contribution in [0.2, 0.25) is 0 Å². The van der Waals surface area contributed by atoms with Gasteiger partial charge < -0.3 is 0 Å². The van der Waals surface area contributed by atoms with Crippen molar-refractivity contribution in [3.8, 4) is 0 Å². The summed E-state index contributed by atoms with van der Waals surface area (Å²) in [4.78, 5) is 0.595. The van der Waals surface area contributed by atoms with Crippen LogP contribution >= 0.6 is 27.5 Å². The molecule has 0 bridgehead atoms. The Balaban J connectivity index is 2.08. The SMILES string of the molecule is ClC1CCC(Br)C2NNCC12. The van der Waals surface area contributed by atoms with Gasteiger partial charge in [0.2, 0.25) is 0 Å². The van der Waals surface area contributed by atoms with Crippen molar-refractivity contribution < 1.29 is 0 Å². The summed E-state index contributed by atoms with van der Waals surface area (Å²) in [7, 11) is 0. The first-order chi connectivity index (χ1) is 5.29. The van der Waals surface area contributed by atoms with Crippen molar-refractivity contribution in [2.75, 3.05) is 6.54 Å². The molecule has 1 saturated heterocycles. The van der Waals surface area contributed by atoms with Gasteiger partial charge in [0.15, 0.2) is 0 Å². The van der Waals surface area contributed by atoms with Crippen LogP contribution in [0.1, 0.15) is 12.8 Å². The second-order valence-corrected chi connectivity index (χ2v) is 5.06. The van der Waals surface area contributed by atoms with E-state index in [-0.39, 0.29) is 0 Å². The lowest BCUT2D eigenvalue weighted by atomic mass is 9.85. The Labute approximate surface area is 80.2 Å². The quantitative estimate of drug-likeness (QED) is 0.622. The number of hydrogen-bond donors (Lipinski definition) is 2. The Morgan fingerprint density at radius 2 is 2.18 bits per heavy atom. The number of rotatable bonds is 0. The molecule has 1 heterocycles. The predicted molar refractivity (Wildman–Crippen MR) is 50.0 cm³/mol. The van der Waals surface area contributed by atoms with E-state index in [1.165, 1.54) is 6.42 Å². The zero-order valence-corrected chi connectivity index (χ0v) is 8.53. The van der Waals surface area contributed by atoms with E-state index in [0.29, 0.717) is 22.2 Å². The minimum Gasteiger partial charge on any atom is -0.257 e. The van der Waals surface area contributed by atoms with E-state index in [1.54, 1.807) is 0 Å². The molecule has 2 N–H and O–H groups in total. The van der Waals surface area contributed by atoms with Crippen LogP contribution in [-0.4, -0.2) is 22.8 Å². The van der Waals surface area contributed by atoms with Crippen LogP contribution in [0.5, 0.6) is 0 Å². The number of nitrogens with one attached hydrogen (secondary N) is 2. The Bertz CT molecular complexity index is 139. The van der Waals surface area contributed by atoms with Crippen LogP contribution in [0.3, 0.4) is 0 Å². The maximum atomic E-state index is 6.18. The number of halogens is 2. The second-order valence-electron chi connectivity index (χ2n) is 3.32. The summed E-state index contributed by atoms with van der Waals surface area (Å²) in [6.45, 7) is 1.01. The Hall–Kier alpha value is 0.690. The summed E-state index contributed by atoms with van der Waals surface area (Å²) >= 11 is 9.84. The summed E-state index contributed by atoms with van der Waals surface area (Å²) in [5.74, 6) is 0.606. The largest absolute Gasteiger partial charge is 0.257 e. The lowest BCUT2D eigenvalue weighted by Crippen LogP contribution is -2.44. The fourth-order valence-electron chi connectivity index (χ4n) is 1.95. The van der Waals surface area contributed by atoms with Gasteiger partial charge in [0.05, 0.1) is 0 Å². The number of fused-ring (bicyclic) bond motifs is 1. The molecule has 0 aromatic carbocycles. The maximum Gasteiger partial charge on any atom is 0.0393 e. The molecule has 0 amide bonds. The van der Waals surface area contributed by atoms with Gasteiger partial charge in [0.25, 0.3) is 0 Å². The minimum absolute atomic E-state index is 0.358. The van der Waals surface area contributed by atoms with Crippen LogP contribution in [0.4, 0.5) is 0 Å². The molecule has 0 spiro atoms. The fraction of sp³-hybridized carbons (Fsp3) is 1.00. The van der Waals surface area contributed by atoms with Crippen LogP contribution in [0, 0.1) is 5.92 Å². The maximum absolute atomic E-state index is 6.18. The Morgan fingerprint density at radius 1 is 1.36 bits per heavy atom. The molecule has 2 aliphatic rings. The molecule has 11 heavy (non-hydrogen) atoms. The highest BCUT2D eigenvalue weighted by Gasteiger charge is 2.40. The van der Waals surface area contributed by atoms with Crippen molar-refractivity contribution >= 4 is 27.5 Å². The summed E-state index contributed by atoms with van der Waals surface area (Å²) in [6.07, 6.45) is 2.33. The predicted octanol–water partition coefficient (Wildman–Crippen LogP) is 1.24. The average Bonchev–Trinajstić information content (AvgIpc) is 2.45. The molecule has 2 fully saturated rings. The zero-order valence-electron chi connectivity index (χ0n) is 6.19. The van der Waals surface area contributed by atoms with Gasteiger partial charge in [0.1, 0.15) is 0 Å². The molecule has 64 valence electrons. The van der Waals surface area contributed by atoms with Crippen molar-refractivity contribution in [1.82, 2.24) is 10.9 Å². The lowest BCUT2D eigenvalue weighted by molar-refractivity contribution is 0.354. The standard InChI is InChI=1S/C7H12BrClN2/c8-5-1-2-6(9)4-3-10-11-7(4)5/h4-7,10-11H,1-3H2. The number of hydrogen-bond acceptors (Lipinski definition) is 2. The molecule has 1 aliphatic heterocycles. The van der Waals surface area contributed by atoms with E-state index in [4.69, 9.17) is 11.6 Å². The first-order valence-corrected chi connectivity index (χ1v) is 5.41. The van der Waals surface area contributed by atoms with Gasteiger partial charge in [-0.2, -0.15) is 0 Å². The summed E-state index contributed by atoms with van der Waals surface area (Å²) < 4.78 is 0. The molecule has 1 aliphatic carbocycles. The van der Waals surface area contributed by atoms with Gasteiger partial charge in [-0.15, -0.1) is 11.6 Å². The molecule has 0 aromatic heterocycles. The van der Waals surface area contributed by atoms with Crippen molar-refractivity contribution in [3.05, 3.63) is 0 Å². The van der Waals surface area contributed by atoms with E-state index < -0.39 is 0 Å². The third-order valence-electron chi connectivity index (χ3n) is 2.64. The van der Waals surface area contributed by atoms with Crippen molar-refractivity contribution in [3.63, 3.8) is 0 Å². The van der Waals surface area contributed by atoms with Crippen molar-refractivity contribution in [2.24, 2.45) is 5.92 Å². The van der Waals surface area contributed by atoms with Crippen LogP contribution < -0.4 is 10.9 Å². The molecule has 2 nitrogen and oxygen atoms in total. The van der Waals surface area contributed by atoms with Crippen LogP contribution in [0.15, 0.2) is 0 Å². The van der Waals surface area contributed by atoms with Crippen LogP contribution in [0.25, 0.3) is 0 Å². The molecule has 0 radical (unpaired) electrons. The van der Waals surface area contributed by atoms with Gasteiger partial charge >= 0.3 is 0 Å². The van der Waals surface area contributed by atoms with Gasteiger partial charge in [-0.05, 0) is 12.8 Å². The van der Waals surface area contributed by atoms with Gasteiger partial charge in [-0.3, -0.25) is 10.9 Å². The van der Waals surface area contributed by atoms with Gasteiger partial charge in [-0.1, -0.05) is 15.9 Å². The van der Waals surface area contributed by atoms with Crippen molar-refractivity contribution in [1.29, 1.82) is 0 Å². The normalized spacial score (nSPS) is 50.7. The van der Waals surface area contributed by atoms with E-state index in [0.717, 1.165) is 13.0 Å². The summed E-state index contributed by atoms with van der Waals surface area (Å²) in [5.41, 5.74) is 6.42. The van der Waals surface area contributed by atoms with E-state index in [1.807, 2.05) is 0 Å². The molecule has 1 saturated carbocycles. The highest BCUT2D eigenvalue weighted by molar-refractivity contribution is 9.09. The van der Waals surface area contributed by atoms with Gasteiger partial charge in [0, 0.05) is 28.7 Å². The molecular weight excluding hydrogens is 227 g/mol. The van der Waals surface area contributed by atoms with E-state index >= 15 is 0 Å². The molecule has 4 atom stereocenters.